The Balaban J connectivity index is 1.55. The van der Waals surface area contributed by atoms with Crippen LogP contribution in [0.2, 0.25) is 0 Å². The number of para-hydroxylation sites is 1. The van der Waals surface area contributed by atoms with E-state index >= 15 is 0 Å². The topological polar surface area (TPSA) is 158 Å². The van der Waals surface area contributed by atoms with Crippen molar-refractivity contribution < 1.29 is 33.0 Å². The Kier molecular flexibility index (Phi) is 6.78. The van der Waals surface area contributed by atoms with E-state index in [0.29, 0.717) is 12.8 Å². The fourth-order valence-corrected chi connectivity index (χ4v) is 5.86. The molecule has 1 spiro atoms. The molecule has 12 nitrogen and oxygen atoms in total. The zero-order valence-corrected chi connectivity index (χ0v) is 20.4. The number of nitrogens with one attached hydrogen (secondary N) is 2. The van der Waals surface area contributed by atoms with Crippen molar-refractivity contribution in [3.05, 3.63) is 63.4 Å². The molecule has 35 heavy (non-hydrogen) atoms. The molecule has 2 fully saturated rings. The van der Waals surface area contributed by atoms with Gasteiger partial charge in [-0.1, -0.05) is 18.2 Å². The monoisotopic (exact) mass is 509 g/mol. The minimum atomic E-state index is -4.20. The molecule has 2 heterocycles. The van der Waals surface area contributed by atoms with Gasteiger partial charge >= 0.3 is 19.4 Å². The number of aliphatic hydroxyl groups is 1. The van der Waals surface area contributed by atoms with E-state index in [1.54, 1.807) is 30.3 Å². The first-order valence-electron chi connectivity index (χ1n) is 11.0. The first-order valence-corrected chi connectivity index (χ1v) is 12.6. The minimum absolute atomic E-state index is 0.230. The number of hydrogen-bond donors (Lipinski definition) is 3. The molecule has 0 bridgehead atoms. The van der Waals surface area contributed by atoms with Gasteiger partial charge in [-0.2, -0.15) is 5.09 Å². The summed E-state index contributed by atoms with van der Waals surface area (Å²) < 4.78 is 36.9. The maximum atomic E-state index is 13.7. The molecule has 13 heteroatoms. The molecule has 1 aliphatic heterocycles. The van der Waals surface area contributed by atoms with Crippen molar-refractivity contribution in [3.8, 4) is 5.75 Å². The normalized spacial score (nSPS) is 24.6. The van der Waals surface area contributed by atoms with Crippen molar-refractivity contribution in [3.63, 3.8) is 0 Å². The summed E-state index contributed by atoms with van der Waals surface area (Å²) in [6.45, 7) is 2.55. The van der Waals surface area contributed by atoms with E-state index in [1.165, 1.54) is 37.8 Å². The molecule has 190 valence electrons. The zero-order valence-electron chi connectivity index (χ0n) is 19.5. The van der Waals surface area contributed by atoms with Crippen LogP contribution in [0.3, 0.4) is 0 Å². The van der Waals surface area contributed by atoms with Gasteiger partial charge in [0.1, 0.15) is 23.6 Å². The second-order valence-electron chi connectivity index (χ2n) is 9.15. The number of carbonyl (C=O) groups excluding carboxylic acids is 1. The van der Waals surface area contributed by atoms with Gasteiger partial charge in [-0.3, -0.25) is 23.7 Å². The summed E-state index contributed by atoms with van der Waals surface area (Å²) in [7, 11) is -3.00. The van der Waals surface area contributed by atoms with Crippen LogP contribution in [0.5, 0.6) is 5.75 Å². The van der Waals surface area contributed by atoms with Gasteiger partial charge in [0.15, 0.2) is 0 Å². The highest BCUT2D eigenvalue weighted by Gasteiger charge is 2.64. The summed E-state index contributed by atoms with van der Waals surface area (Å²) in [5.41, 5.74) is -3.38. The van der Waals surface area contributed by atoms with Crippen LogP contribution in [-0.2, 0) is 23.4 Å². The minimum Gasteiger partial charge on any atom is -0.468 e. The molecule has 0 radical (unpaired) electrons. The number of H-pyrrole nitrogens is 1. The van der Waals surface area contributed by atoms with E-state index in [9.17, 15) is 24.1 Å². The van der Waals surface area contributed by atoms with Crippen LogP contribution in [0.25, 0.3) is 0 Å². The number of carbonyl (C=O) groups is 1. The van der Waals surface area contributed by atoms with Crippen LogP contribution < -0.4 is 20.9 Å². The summed E-state index contributed by atoms with van der Waals surface area (Å²) in [6.07, 6.45) is -0.350. The van der Waals surface area contributed by atoms with Crippen LogP contribution in [0.15, 0.2) is 52.2 Å². The molecule has 2 aliphatic rings. The van der Waals surface area contributed by atoms with Gasteiger partial charge in [0.2, 0.25) is 0 Å². The van der Waals surface area contributed by atoms with Gasteiger partial charge in [-0.25, -0.2) is 9.36 Å². The van der Waals surface area contributed by atoms with Crippen LogP contribution in [0.1, 0.15) is 32.9 Å². The second kappa shape index (κ2) is 9.36. The lowest BCUT2D eigenvalue weighted by Gasteiger charge is -2.29. The van der Waals surface area contributed by atoms with E-state index in [1.807, 2.05) is 0 Å². The van der Waals surface area contributed by atoms with Gasteiger partial charge in [0.05, 0.1) is 19.8 Å². The predicted octanol–water partition coefficient (Wildman–Crippen LogP) is 1.32. The molecular formula is C22H28N3O9P. The Morgan fingerprint density at radius 2 is 1.97 bits per heavy atom. The molecule has 1 aliphatic carbocycles. The third kappa shape index (κ3) is 5.12. The Labute approximate surface area is 200 Å². The van der Waals surface area contributed by atoms with Gasteiger partial charge in [0, 0.05) is 17.7 Å². The molecule has 1 saturated carbocycles. The second-order valence-corrected chi connectivity index (χ2v) is 10.8. The number of benzene rings is 1. The van der Waals surface area contributed by atoms with Crippen LogP contribution >= 0.6 is 7.75 Å². The van der Waals surface area contributed by atoms with Crippen molar-refractivity contribution in [1.82, 2.24) is 14.6 Å². The van der Waals surface area contributed by atoms with Crippen molar-refractivity contribution in [2.24, 2.45) is 5.41 Å². The third-order valence-electron chi connectivity index (χ3n) is 6.16. The van der Waals surface area contributed by atoms with Crippen LogP contribution in [0.4, 0.5) is 0 Å². The number of methoxy groups -OCH3 is 1. The van der Waals surface area contributed by atoms with Crippen LogP contribution in [0, 0.1) is 5.41 Å². The van der Waals surface area contributed by atoms with E-state index in [4.69, 9.17) is 18.5 Å². The fourth-order valence-electron chi connectivity index (χ4n) is 4.18. The molecule has 0 amide bonds. The van der Waals surface area contributed by atoms with Gasteiger partial charge in [-0.05, 0) is 38.8 Å². The number of hydrogen-bond acceptors (Lipinski definition) is 9. The Morgan fingerprint density at radius 3 is 2.57 bits per heavy atom. The number of rotatable bonds is 9. The van der Waals surface area contributed by atoms with Crippen LogP contribution in [-0.4, -0.2) is 52.1 Å². The van der Waals surface area contributed by atoms with Gasteiger partial charge in [-0.15, -0.1) is 0 Å². The largest absolute Gasteiger partial charge is 0.468 e. The molecule has 4 rings (SSSR count). The van der Waals surface area contributed by atoms with Gasteiger partial charge < -0.3 is 19.1 Å². The summed E-state index contributed by atoms with van der Waals surface area (Å²) in [6, 6.07) is 9.44. The van der Waals surface area contributed by atoms with E-state index < -0.39 is 54.4 Å². The lowest BCUT2D eigenvalue weighted by molar-refractivity contribution is -0.146. The Hall–Kier alpha value is -2.76. The Bertz CT molecular complexity index is 1240. The molecule has 4 unspecified atom stereocenters. The van der Waals surface area contributed by atoms with Crippen molar-refractivity contribution in [2.45, 2.75) is 50.7 Å². The first-order chi connectivity index (χ1) is 16.5. The summed E-state index contributed by atoms with van der Waals surface area (Å²) in [4.78, 5) is 38.1. The lowest BCUT2D eigenvalue weighted by atomic mass is 9.96. The van der Waals surface area contributed by atoms with E-state index in [2.05, 4.69) is 10.1 Å². The van der Waals surface area contributed by atoms with Gasteiger partial charge in [0.25, 0.3) is 5.56 Å². The molecule has 1 aromatic heterocycles. The lowest BCUT2D eigenvalue weighted by Crippen LogP contribution is -2.47. The number of esters is 1. The average Bonchev–Trinajstić information content (AvgIpc) is 3.56. The molecule has 2 aromatic rings. The Morgan fingerprint density at radius 1 is 1.29 bits per heavy atom. The highest BCUT2D eigenvalue weighted by atomic mass is 31.2. The smallest absolute Gasteiger partial charge is 0.459 e. The number of aromatic amines is 1. The van der Waals surface area contributed by atoms with Crippen molar-refractivity contribution in [1.29, 1.82) is 0 Å². The SMILES string of the molecule is COC(=O)C(C)(C)NP(=O)(OCC1OC(n2ccc(=O)[nH]c2=O)C2(CC2)C1O)Oc1ccccc1. The maximum absolute atomic E-state index is 13.7. The standard InChI is InChI=1S/C22H28N3O9P/c1-21(2,19(28)31-3)24-35(30,34-14-7-5-4-6-8-14)32-13-15-17(27)22(10-11-22)18(33-15)25-12-9-16(26)23-20(25)29/h4-9,12,15,17-18,27H,10-11,13H2,1-3H3,(H,24,30)(H,23,26,29). The number of aromatic nitrogens is 2. The summed E-state index contributed by atoms with van der Waals surface area (Å²) in [5.74, 6) is -0.460. The van der Waals surface area contributed by atoms with Crippen molar-refractivity contribution >= 4 is 13.7 Å². The molecule has 4 atom stereocenters. The quantitative estimate of drug-likeness (QED) is 0.332. The van der Waals surface area contributed by atoms with E-state index in [0.717, 1.165) is 0 Å². The zero-order chi connectivity index (χ0) is 25.4. The molecule has 1 saturated heterocycles. The summed E-state index contributed by atoms with van der Waals surface area (Å²) in [5, 5.41) is 13.6. The first kappa shape index (κ1) is 25.3. The molecule has 1 aromatic carbocycles. The fraction of sp³-hybridized carbons (Fsp3) is 0.500. The number of ether oxygens (including phenoxy) is 2. The number of aliphatic hydroxyl groups excluding tert-OH is 1. The van der Waals surface area contributed by atoms with E-state index in [-0.39, 0.29) is 12.4 Å². The summed E-state index contributed by atoms with van der Waals surface area (Å²) >= 11 is 0. The molecular weight excluding hydrogens is 481 g/mol. The average molecular weight is 509 g/mol. The highest BCUT2D eigenvalue weighted by molar-refractivity contribution is 7.52. The number of nitrogens with zero attached hydrogens (tertiary/aromatic N) is 1. The highest BCUT2D eigenvalue weighted by Crippen LogP contribution is 2.62. The third-order valence-corrected chi connectivity index (χ3v) is 7.93. The van der Waals surface area contributed by atoms with Crippen molar-refractivity contribution in [2.75, 3.05) is 13.7 Å². The maximum Gasteiger partial charge on any atom is 0.459 e. The molecule has 3 N–H and O–H groups in total. The predicted molar refractivity (Wildman–Crippen MR) is 123 cm³/mol.